The number of alkyl halides is 4. The van der Waals surface area contributed by atoms with Gasteiger partial charge in [0.05, 0.1) is 45.0 Å². The third kappa shape index (κ3) is 7.11. The van der Waals surface area contributed by atoms with Crippen LogP contribution in [0, 0.1) is 24.5 Å². The van der Waals surface area contributed by atoms with Crippen LogP contribution in [-0.2, 0) is 40.8 Å². The smallest absolute Gasteiger partial charge is 0.293 e. The Morgan fingerprint density at radius 2 is 1.77 bits per heavy atom. The summed E-state index contributed by atoms with van der Waals surface area (Å²) in [6.07, 6.45) is -1.24. The summed E-state index contributed by atoms with van der Waals surface area (Å²) < 4.78 is 119. The highest BCUT2D eigenvalue weighted by Crippen LogP contribution is 2.68. The first kappa shape index (κ1) is 41.0. The molecule has 2 aromatic carbocycles. The summed E-state index contributed by atoms with van der Waals surface area (Å²) in [5, 5.41) is 10.7. The van der Waals surface area contributed by atoms with Crippen LogP contribution in [0.3, 0.4) is 0 Å². The first-order valence-corrected chi connectivity index (χ1v) is 21.1. The predicted octanol–water partition coefficient (Wildman–Crippen LogP) is 6.78. The molecule has 9 rings (SSSR count). The molecule has 1 fully saturated rings. The highest BCUT2D eigenvalue weighted by Gasteiger charge is 2.67. The minimum absolute atomic E-state index is 0.000744. The van der Waals surface area contributed by atoms with E-state index in [0.717, 1.165) is 23.0 Å². The van der Waals surface area contributed by atoms with Crippen LogP contribution >= 0.6 is 11.6 Å². The van der Waals surface area contributed by atoms with Crippen molar-refractivity contribution < 1.29 is 39.6 Å². The molecule has 5 heterocycles. The summed E-state index contributed by atoms with van der Waals surface area (Å²) in [4.78, 5) is 42.8. The van der Waals surface area contributed by atoms with Gasteiger partial charge in [-0.05, 0) is 73.4 Å². The minimum atomic E-state index is -3.92. The maximum Gasteiger partial charge on any atom is 0.293 e. The molecule has 14 nitrogen and oxygen atoms in total. The van der Waals surface area contributed by atoms with Crippen LogP contribution in [0.5, 0.6) is 0 Å². The molecule has 1 amide bonds. The van der Waals surface area contributed by atoms with Crippen molar-refractivity contribution in [2.24, 2.45) is 13.0 Å². The van der Waals surface area contributed by atoms with Crippen LogP contribution in [0.4, 0.5) is 32.2 Å². The monoisotopic (exact) mass is 896 g/mol. The normalized spacial score (nSPS) is 17.1. The number of fused-ring (bicyclic) bond motifs is 5. The van der Waals surface area contributed by atoms with Crippen molar-refractivity contribution in [3.63, 3.8) is 0 Å². The van der Waals surface area contributed by atoms with Gasteiger partial charge in [0.1, 0.15) is 35.4 Å². The molecule has 2 N–H and O–H groups in total. The second-order valence-corrected chi connectivity index (χ2v) is 17.4. The number of pyridine rings is 2. The molecular formula is C40H31ClF6N10O4S. The van der Waals surface area contributed by atoms with Gasteiger partial charge in [-0.3, -0.25) is 33.2 Å². The van der Waals surface area contributed by atoms with E-state index >= 15 is 8.78 Å². The van der Waals surface area contributed by atoms with E-state index in [1.54, 1.807) is 31.3 Å². The standard InChI is InChI=1S/C40H31ClF6N10O4S/c1-17-10-19(8-9-48-17)26-6-4-22-36(50-26)51-38(57(39(22)59)28-7-5-25(41)31-33(28)55(2)53-37(31)54-62(3,60)61)27(13-18-11-20(42)14-21(43)12-18)49-29(58)16-56-34-30(32(52-56)35(44)45)23-15-24(23)40(34,46)47/h4-12,14,23-24,27,35H,13,15-16H2,1-3H3,(H,49,58)(H,53,54)/t23-,24+,27-/m0/s1. The van der Waals surface area contributed by atoms with Crippen LogP contribution in [0.15, 0.2) is 65.6 Å². The van der Waals surface area contributed by atoms with E-state index in [4.69, 9.17) is 16.6 Å². The molecule has 3 atom stereocenters. The van der Waals surface area contributed by atoms with Gasteiger partial charge in [-0.15, -0.1) is 0 Å². The quantitative estimate of drug-likeness (QED) is 0.133. The van der Waals surface area contributed by atoms with Crippen molar-refractivity contribution >= 4 is 55.3 Å². The molecular weight excluding hydrogens is 866 g/mol. The summed E-state index contributed by atoms with van der Waals surface area (Å²) in [7, 11) is -2.47. The fourth-order valence-corrected chi connectivity index (χ4v) is 9.06. The number of sulfonamides is 1. The van der Waals surface area contributed by atoms with Crippen LogP contribution in [-0.4, -0.2) is 59.7 Å². The Labute approximate surface area is 351 Å². The number of carbonyl (C=O) groups excluding carboxylic acids is 1. The van der Waals surface area contributed by atoms with Crippen LogP contribution in [0.2, 0.25) is 5.02 Å². The highest BCUT2D eigenvalue weighted by atomic mass is 35.5. The number of nitrogens with zero attached hydrogens (tertiary/aromatic N) is 8. The zero-order chi connectivity index (χ0) is 44.2. The summed E-state index contributed by atoms with van der Waals surface area (Å²) in [6.45, 7) is 0.771. The Bertz CT molecular complexity index is 3190. The Kier molecular flexibility index (Phi) is 9.69. The summed E-state index contributed by atoms with van der Waals surface area (Å²) in [5.74, 6) is -9.12. The van der Waals surface area contributed by atoms with Crippen molar-refractivity contribution in [2.75, 3.05) is 11.0 Å². The van der Waals surface area contributed by atoms with Crippen molar-refractivity contribution in [3.05, 3.63) is 122 Å². The second-order valence-electron chi connectivity index (χ2n) is 15.3. The Hall–Kier alpha value is -6.35. The van der Waals surface area contributed by atoms with Gasteiger partial charge < -0.3 is 5.32 Å². The van der Waals surface area contributed by atoms with E-state index < -0.39 is 87.7 Å². The Morgan fingerprint density at radius 3 is 2.47 bits per heavy atom. The Balaban J connectivity index is 1.26. The zero-order valence-electron chi connectivity index (χ0n) is 32.5. The summed E-state index contributed by atoms with van der Waals surface area (Å²) >= 11 is 6.62. The predicted molar refractivity (Wildman–Crippen MR) is 214 cm³/mol. The minimum Gasteiger partial charge on any atom is -0.344 e. The molecule has 0 spiro atoms. The third-order valence-corrected chi connectivity index (χ3v) is 11.7. The summed E-state index contributed by atoms with van der Waals surface area (Å²) in [5.41, 5.74) is -1.19. The molecule has 0 unspecified atom stereocenters. The second kappa shape index (κ2) is 14.6. The van der Waals surface area contributed by atoms with E-state index in [1.807, 2.05) is 0 Å². The average molecular weight is 897 g/mol. The van der Waals surface area contributed by atoms with Crippen molar-refractivity contribution in [1.29, 1.82) is 0 Å². The maximum absolute atomic E-state index is 15.5. The third-order valence-electron chi connectivity index (χ3n) is 10.9. The van der Waals surface area contributed by atoms with Gasteiger partial charge in [-0.1, -0.05) is 11.6 Å². The number of rotatable bonds is 11. The number of carbonyl (C=O) groups is 1. The molecule has 2 aliphatic rings. The first-order valence-electron chi connectivity index (χ1n) is 18.8. The highest BCUT2D eigenvalue weighted by molar-refractivity contribution is 7.92. The molecule has 0 radical (unpaired) electrons. The van der Waals surface area contributed by atoms with Gasteiger partial charge in [0.15, 0.2) is 11.5 Å². The number of aromatic nitrogens is 8. The fraction of sp³-hybridized carbons (Fsp3) is 0.275. The Morgan fingerprint density at radius 1 is 1.03 bits per heavy atom. The van der Waals surface area contributed by atoms with E-state index in [-0.39, 0.29) is 61.8 Å². The number of aryl methyl sites for hydroxylation is 2. The molecule has 0 saturated heterocycles. The van der Waals surface area contributed by atoms with E-state index in [9.17, 15) is 35.6 Å². The molecule has 0 bridgehead atoms. The molecule has 0 aliphatic heterocycles. The van der Waals surface area contributed by atoms with Gasteiger partial charge in [0, 0.05) is 48.5 Å². The van der Waals surface area contributed by atoms with Crippen LogP contribution in [0.1, 0.15) is 58.8 Å². The molecule has 320 valence electrons. The molecule has 1 saturated carbocycles. The zero-order valence-corrected chi connectivity index (χ0v) is 34.0. The lowest BCUT2D eigenvalue weighted by Gasteiger charge is -2.24. The van der Waals surface area contributed by atoms with Gasteiger partial charge in [-0.25, -0.2) is 35.9 Å². The van der Waals surface area contributed by atoms with E-state index in [2.05, 4.69) is 30.2 Å². The van der Waals surface area contributed by atoms with Gasteiger partial charge in [0.2, 0.25) is 15.9 Å². The van der Waals surface area contributed by atoms with Crippen LogP contribution in [0.25, 0.3) is 38.9 Å². The molecule has 5 aromatic heterocycles. The van der Waals surface area contributed by atoms with E-state index in [1.165, 1.54) is 29.9 Å². The van der Waals surface area contributed by atoms with Crippen LogP contribution < -0.4 is 15.6 Å². The van der Waals surface area contributed by atoms with Crippen molar-refractivity contribution in [1.82, 2.24) is 44.4 Å². The average Bonchev–Trinajstić information content (AvgIpc) is 3.72. The molecule has 2 aliphatic carbocycles. The maximum atomic E-state index is 15.5. The number of benzene rings is 2. The lowest BCUT2D eigenvalue weighted by Crippen LogP contribution is -2.38. The largest absolute Gasteiger partial charge is 0.344 e. The number of nitrogens with one attached hydrogen (secondary N) is 2. The van der Waals surface area contributed by atoms with Crippen molar-refractivity contribution in [3.8, 4) is 16.9 Å². The van der Waals surface area contributed by atoms with Gasteiger partial charge >= 0.3 is 0 Å². The number of hydrogen-bond donors (Lipinski definition) is 2. The fourth-order valence-electron chi connectivity index (χ4n) is 8.33. The molecule has 22 heteroatoms. The van der Waals surface area contributed by atoms with E-state index in [0.29, 0.717) is 27.7 Å². The number of hydrogen-bond acceptors (Lipinski definition) is 9. The topological polar surface area (TPSA) is 172 Å². The number of halogens is 7. The van der Waals surface area contributed by atoms with Crippen molar-refractivity contribution in [2.45, 2.75) is 50.6 Å². The lowest BCUT2D eigenvalue weighted by atomic mass is 10.0. The summed E-state index contributed by atoms with van der Waals surface area (Å²) in [6, 6.07) is 10.2. The lowest BCUT2D eigenvalue weighted by molar-refractivity contribution is -0.123. The van der Waals surface area contributed by atoms with Gasteiger partial charge in [-0.2, -0.15) is 19.0 Å². The first-order chi connectivity index (χ1) is 29.3. The SMILES string of the molecule is Cc1cc(-c2ccc3c(=O)n(-c4ccc(Cl)c5c(NS(C)(=O)=O)nn(C)c45)c([C@H](Cc4cc(F)cc(F)c4)NC(=O)Cn4nc(C(F)F)c5c4C(F)(F)[C@@H]4C[C@H]54)nc3n2)ccn1. The molecule has 7 aromatic rings. The number of amides is 1. The van der Waals surface area contributed by atoms with Gasteiger partial charge in [0.25, 0.3) is 17.9 Å². The molecule has 62 heavy (non-hydrogen) atoms. The number of anilines is 1.